The van der Waals surface area contributed by atoms with E-state index in [4.69, 9.17) is 0 Å². The van der Waals surface area contributed by atoms with E-state index in [-0.39, 0.29) is 0 Å². The van der Waals surface area contributed by atoms with E-state index in [2.05, 4.69) is 56.5 Å². The van der Waals surface area contributed by atoms with Gasteiger partial charge in [0.1, 0.15) is 0 Å². The molecule has 0 N–H and O–H groups in total. The minimum atomic E-state index is 0.694. The molecule has 0 spiro atoms. The Morgan fingerprint density at radius 2 is 2.06 bits per heavy atom. The maximum absolute atomic E-state index is 2.44. The van der Waals surface area contributed by atoms with Crippen LogP contribution in [0.5, 0.6) is 0 Å². The van der Waals surface area contributed by atoms with Gasteiger partial charge in [-0.25, -0.2) is 0 Å². The van der Waals surface area contributed by atoms with Crippen molar-refractivity contribution in [2.24, 2.45) is 0 Å². The first-order chi connectivity index (χ1) is 8.13. The third-order valence-corrected chi connectivity index (χ3v) is 4.26. The summed E-state index contributed by atoms with van der Waals surface area (Å²) in [7, 11) is 0. The fourth-order valence-corrected chi connectivity index (χ4v) is 2.98. The summed E-state index contributed by atoms with van der Waals surface area (Å²) in [4.78, 5) is 0. The number of aryl methyl sites for hydroxylation is 2. The Labute approximate surface area is 108 Å². The largest absolute Gasteiger partial charge is 0.344 e. The SMILES string of the molecule is CCn1c(CSC(C)C)cc2c(C)cccc21. The minimum absolute atomic E-state index is 0.694. The molecule has 1 aromatic carbocycles. The van der Waals surface area contributed by atoms with E-state index in [0.717, 1.165) is 12.3 Å². The van der Waals surface area contributed by atoms with Crippen molar-refractivity contribution in [3.05, 3.63) is 35.5 Å². The quantitative estimate of drug-likeness (QED) is 0.763. The summed E-state index contributed by atoms with van der Waals surface area (Å²) in [6, 6.07) is 8.95. The zero-order chi connectivity index (χ0) is 12.4. The second-order valence-electron chi connectivity index (χ2n) is 4.75. The molecule has 0 unspecified atom stereocenters. The molecule has 1 aromatic heterocycles. The van der Waals surface area contributed by atoms with Crippen LogP contribution in [0.1, 0.15) is 32.0 Å². The molecule has 0 aliphatic rings. The molecule has 2 aromatic rings. The van der Waals surface area contributed by atoms with Gasteiger partial charge in [0.2, 0.25) is 0 Å². The van der Waals surface area contributed by atoms with Crippen LogP contribution in [0.4, 0.5) is 0 Å². The Balaban J connectivity index is 2.44. The lowest BCUT2D eigenvalue weighted by Gasteiger charge is -2.09. The molecule has 0 amide bonds. The highest BCUT2D eigenvalue weighted by Gasteiger charge is 2.09. The summed E-state index contributed by atoms with van der Waals surface area (Å²) in [5.41, 5.74) is 4.22. The van der Waals surface area contributed by atoms with Crippen molar-refractivity contribution in [3.63, 3.8) is 0 Å². The van der Waals surface area contributed by atoms with Gasteiger partial charge in [0.05, 0.1) is 0 Å². The summed E-state index contributed by atoms with van der Waals surface area (Å²) >= 11 is 2.01. The number of rotatable bonds is 4. The average Bonchev–Trinajstić information content (AvgIpc) is 2.65. The molecule has 92 valence electrons. The van der Waals surface area contributed by atoms with Gasteiger partial charge in [0.15, 0.2) is 0 Å². The van der Waals surface area contributed by atoms with Crippen molar-refractivity contribution in [1.82, 2.24) is 4.57 Å². The van der Waals surface area contributed by atoms with E-state index in [1.807, 2.05) is 11.8 Å². The fraction of sp³-hybridized carbons (Fsp3) is 0.467. The highest BCUT2D eigenvalue weighted by atomic mass is 32.2. The fourth-order valence-electron chi connectivity index (χ4n) is 2.23. The Kier molecular flexibility index (Phi) is 3.82. The second-order valence-corrected chi connectivity index (χ2v) is 6.31. The second kappa shape index (κ2) is 5.18. The van der Waals surface area contributed by atoms with Crippen LogP contribution < -0.4 is 0 Å². The van der Waals surface area contributed by atoms with Crippen molar-refractivity contribution >= 4 is 22.7 Å². The molecule has 1 nitrogen and oxygen atoms in total. The van der Waals surface area contributed by atoms with Crippen LogP contribution in [0.15, 0.2) is 24.3 Å². The smallest absolute Gasteiger partial charge is 0.0485 e. The molecule has 0 bridgehead atoms. The number of thioether (sulfide) groups is 1. The van der Waals surface area contributed by atoms with Crippen LogP contribution in [0, 0.1) is 6.92 Å². The van der Waals surface area contributed by atoms with Crippen molar-refractivity contribution in [2.75, 3.05) is 0 Å². The van der Waals surface area contributed by atoms with Gasteiger partial charge in [-0.15, -0.1) is 0 Å². The Hall–Kier alpha value is -0.890. The normalized spacial score (nSPS) is 11.6. The molecule has 17 heavy (non-hydrogen) atoms. The molecule has 2 rings (SSSR count). The summed E-state index contributed by atoms with van der Waals surface area (Å²) in [5.74, 6) is 1.11. The van der Waals surface area contributed by atoms with Crippen molar-refractivity contribution in [2.45, 2.75) is 45.2 Å². The summed E-state index contributed by atoms with van der Waals surface area (Å²) in [6.45, 7) is 10.00. The minimum Gasteiger partial charge on any atom is -0.344 e. The maximum atomic E-state index is 2.44. The first kappa shape index (κ1) is 12.6. The van der Waals surface area contributed by atoms with Gasteiger partial charge in [0, 0.05) is 28.9 Å². The zero-order valence-electron chi connectivity index (χ0n) is 11.2. The summed E-state index contributed by atoms with van der Waals surface area (Å²) < 4.78 is 2.44. The molecule has 0 saturated carbocycles. The predicted octanol–water partition coefficient (Wildman–Crippen LogP) is 4.61. The van der Waals surface area contributed by atoms with E-state index in [1.54, 1.807) is 0 Å². The van der Waals surface area contributed by atoms with E-state index >= 15 is 0 Å². The highest BCUT2D eigenvalue weighted by Crippen LogP contribution is 2.26. The van der Waals surface area contributed by atoms with Crippen LogP contribution in [0.3, 0.4) is 0 Å². The zero-order valence-corrected chi connectivity index (χ0v) is 12.0. The van der Waals surface area contributed by atoms with Gasteiger partial charge in [-0.2, -0.15) is 11.8 Å². The van der Waals surface area contributed by atoms with Crippen LogP contribution in [-0.2, 0) is 12.3 Å². The predicted molar refractivity (Wildman–Crippen MR) is 78.8 cm³/mol. The van der Waals surface area contributed by atoms with E-state index in [1.165, 1.54) is 22.2 Å². The molecule has 0 aliphatic carbocycles. The Morgan fingerprint density at radius 1 is 1.29 bits per heavy atom. The summed E-state index contributed by atoms with van der Waals surface area (Å²) in [5, 5.41) is 2.10. The van der Waals surface area contributed by atoms with Crippen LogP contribution in [0.2, 0.25) is 0 Å². The van der Waals surface area contributed by atoms with Crippen LogP contribution in [-0.4, -0.2) is 9.82 Å². The van der Waals surface area contributed by atoms with Crippen LogP contribution in [0.25, 0.3) is 10.9 Å². The molecule has 0 radical (unpaired) electrons. The van der Waals surface area contributed by atoms with E-state index in [9.17, 15) is 0 Å². The van der Waals surface area contributed by atoms with Gasteiger partial charge in [-0.3, -0.25) is 0 Å². The lowest BCUT2D eigenvalue weighted by atomic mass is 10.1. The molecule has 1 heterocycles. The van der Waals surface area contributed by atoms with Gasteiger partial charge >= 0.3 is 0 Å². The average molecular weight is 247 g/mol. The van der Waals surface area contributed by atoms with Gasteiger partial charge in [-0.1, -0.05) is 26.0 Å². The summed E-state index contributed by atoms with van der Waals surface area (Å²) in [6.07, 6.45) is 0. The van der Waals surface area contributed by atoms with Crippen molar-refractivity contribution < 1.29 is 0 Å². The highest BCUT2D eigenvalue weighted by molar-refractivity contribution is 7.99. The van der Waals surface area contributed by atoms with Crippen LogP contribution >= 0.6 is 11.8 Å². The number of aromatic nitrogens is 1. The molecule has 2 heteroatoms. The molecular weight excluding hydrogens is 226 g/mol. The molecule has 0 fully saturated rings. The van der Waals surface area contributed by atoms with E-state index in [0.29, 0.717) is 5.25 Å². The molecule has 0 atom stereocenters. The number of hydrogen-bond acceptors (Lipinski definition) is 1. The Morgan fingerprint density at radius 3 is 2.71 bits per heavy atom. The van der Waals surface area contributed by atoms with Gasteiger partial charge in [0.25, 0.3) is 0 Å². The number of nitrogens with zero attached hydrogens (tertiary/aromatic N) is 1. The lowest BCUT2D eigenvalue weighted by Crippen LogP contribution is -2.00. The topological polar surface area (TPSA) is 4.93 Å². The molecular formula is C15H21NS. The van der Waals surface area contributed by atoms with Crippen molar-refractivity contribution in [1.29, 1.82) is 0 Å². The van der Waals surface area contributed by atoms with E-state index < -0.39 is 0 Å². The van der Waals surface area contributed by atoms with Gasteiger partial charge in [-0.05, 0) is 36.8 Å². The number of fused-ring (bicyclic) bond motifs is 1. The maximum Gasteiger partial charge on any atom is 0.0485 e. The first-order valence-electron chi connectivity index (χ1n) is 6.32. The number of benzene rings is 1. The standard InChI is InChI=1S/C15H21NS/c1-5-16-13(10-17-11(2)3)9-14-12(4)7-6-8-15(14)16/h6-9,11H,5,10H2,1-4H3. The molecule has 0 aliphatic heterocycles. The Bertz CT molecular complexity index is 511. The molecule has 0 saturated heterocycles. The first-order valence-corrected chi connectivity index (χ1v) is 7.37. The monoisotopic (exact) mass is 247 g/mol. The van der Waals surface area contributed by atoms with Gasteiger partial charge < -0.3 is 4.57 Å². The third kappa shape index (κ3) is 2.52. The lowest BCUT2D eigenvalue weighted by molar-refractivity contribution is 0.765. The number of hydrogen-bond donors (Lipinski definition) is 0. The third-order valence-electron chi connectivity index (χ3n) is 3.13. The van der Waals surface area contributed by atoms with Crippen molar-refractivity contribution in [3.8, 4) is 0 Å².